The highest BCUT2D eigenvalue weighted by molar-refractivity contribution is 5.77. The molecule has 0 bridgehead atoms. The van der Waals surface area contributed by atoms with Crippen LogP contribution < -0.4 is 10.6 Å². The number of hydrogen-bond donors (Lipinski definition) is 2. The number of nitrogens with one attached hydrogen (secondary N) is 2. The van der Waals surface area contributed by atoms with E-state index in [1.54, 1.807) is 0 Å². The quantitative estimate of drug-likeness (QED) is 0.612. The Morgan fingerprint density at radius 1 is 1.60 bits per heavy atom. The Labute approximate surface area is 91.8 Å². The predicted molar refractivity (Wildman–Crippen MR) is 59.8 cm³/mol. The van der Waals surface area contributed by atoms with Crippen LogP contribution in [-0.4, -0.2) is 38.3 Å². The van der Waals surface area contributed by atoms with Gasteiger partial charge in [0.25, 0.3) is 0 Å². The summed E-state index contributed by atoms with van der Waals surface area (Å²) >= 11 is 0. The third kappa shape index (κ3) is 5.74. The van der Waals surface area contributed by atoms with Gasteiger partial charge in [-0.1, -0.05) is 13.3 Å². The highest BCUT2D eigenvalue weighted by Crippen LogP contribution is 2.04. The molecule has 0 saturated carbocycles. The summed E-state index contributed by atoms with van der Waals surface area (Å²) in [5.74, 6) is 0.00134. The molecule has 1 fully saturated rings. The van der Waals surface area contributed by atoms with Gasteiger partial charge < -0.3 is 15.4 Å². The van der Waals surface area contributed by atoms with Gasteiger partial charge in [-0.2, -0.15) is 0 Å². The Morgan fingerprint density at radius 2 is 2.47 bits per heavy atom. The van der Waals surface area contributed by atoms with Crippen LogP contribution in [0.4, 0.5) is 0 Å². The van der Waals surface area contributed by atoms with E-state index in [2.05, 4.69) is 17.6 Å². The molecule has 4 heteroatoms. The largest absolute Gasteiger partial charge is 0.370 e. The van der Waals surface area contributed by atoms with Crippen molar-refractivity contribution in [1.29, 1.82) is 0 Å². The van der Waals surface area contributed by atoms with E-state index in [-0.39, 0.29) is 12.5 Å². The van der Waals surface area contributed by atoms with Gasteiger partial charge in [-0.15, -0.1) is 0 Å². The minimum absolute atomic E-state index is 0.00134. The van der Waals surface area contributed by atoms with Crippen molar-refractivity contribution < 1.29 is 9.53 Å². The molecule has 15 heavy (non-hydrogen) atoms. The van der Waals surface area contributed by atoms with E-state index in [0.29, 0.717) is 12.6 Å². The minimum Gasteiger partial charge on any atom is -0.370 e. The lowest BCUT2D eigenvalue weighted by Crippen LogP contribution is -2.32. The molecule has 88 valence electrons. The van der Waals surface area contributed by atoms with Crippen molar-refractivity contribution in [2.45, 2.75) is 38.6 Å². The number of hydrogen-bond acceptors (Lipinski definition) is 3. The molecule has 0 aromatic heterocycles. The van der Waals surface area contributed by atoms with Gasteiger partial charge >= 0.3 is 0 Å². The summed E-state index contributed by atoms with van der Waals surface area (Å²) in [5, 5.41) is 6.15. The molecule has 4 nitrogen and oxygen atoms in total. The molecular weight excluding hydrogens is 192 g/mol. The van der Waals surface area contributed by atoms with Gasteiger partial charge in [0.1, 0.15) is 6.61 Å². The molecular formula is C11H22N2O2. The zero-order valence-corrected chi connectivity index (χ0v) is 9.55. The van der Waals surface area contributed by atoms with Gasteiger partial charge in [-0.3, -0.25) is 4.79 Å². The maximum Gasteiger partial charge on any atom is 0.245 e. The standard InChI is InChI=1S/C11H22N2O2/c1-2-3-6-13-11(14)9-15-8-10-5-4-7-12-10/h10,12H,2-9H2,1H3,(H,13,14). The third-order valence-electron chi connectivity index (χ3n) is 2.57. The van der Waals surface area contributed by atoms with Crippen LogP contribution in [0.25, 0.3) is 0 Å². The fourth-order valence-corrected chi connectivity index (χ4v) is 1.65. The summed E-state index contributed by atoms with van der Waals surface area (Å²) in [5.41, 5.74) is 0. The Bertz CT molecular complexity index is 179. The van der Waals surface area contributed by atoms with Gasteiger partial charge in [0.05, 0.1) is 6.61 Å². The van der Waals surface area contributed by atoms with Gasteiger partial charge in [0.15, 0.2) is 0 Å². The SMILES string of the molecule is CCCCNC(=O)COCC1CCCN1. The first-order chi connectivity index (χ1) is 7.33. The molecule has 0 aromatic rings. The van der Waals surface area contributed by atoms with Crippen molar-refractivity contribution in [2.24, 2.45) is 0 Å². The molecule has 1 aliphatic rings. The maximum atomic E-state index is 11.2. The van der Waals surface area contributed by atoms with Gasteiger partial charge in [0, 0.05) is 12.6 Å². The average Bonchev–Trinajstić information content (AvgIpc) is 2.71. The van der Waals surface area contributed by atoms with E-state index >= 15 is 0 Å². The molecule has 0 radical (unpaired) electrons. The second-order valence-corrected chi connectivity index (χ2v) is 4.01. The topological polar surface area (TPSA) is 50.4 Å². The van der Waals surface area contributed by atoms with E-state index in [0.717, 1.165) is 32.4 Å². The van der Waals surface area contributed by atoms with Crippen LogP contribution in [-0.2, 0) is 9.53 Å². The second-order valence-electron chi connectivity index (χ2n) is 4.01. The van der Waals surface area contributed by atoms with Crippen molar-refractivity contribution in [1.82, 2.24) is 10.6 Å². The smallest absolute Gasteiger partial charge is 0.245 e. The van der Waals surface area contributed by atoms with Crippen LogP contribution in [0.15, 0.2) is 0 Å². The molecule has 0 aromatic carbocycles. The third-order valence-corrected chi connectivity index (χ3v) is 2.57. The Kier molecular flexibility index (Phi) is 6.36. The summed E-state index contributed by atoms with van der Waals surface area (Å²) in [6.45, 7) is 4.80. The van der Waals surface area contributed by atoms with Crippen molar-refractivity contribution in [3.05, 3.63) is 0 Å². The molecule has 1 aliphatic heterocycles. The molecule has 1 amide bonds. The van der Waals surface area contributed by atoms with E-state index < -0.39 is 0 Å². The van der Waals surface area contributed by atoms with Gasteiger partial charge in [-0.05, 0) is 25.8 Å². The Balaban J connectivity index is 1.91. The molecule has 1 atom stereocenters. The summed E-state index contributed by atoms with van der Waals surface area (Å²) in [4.78, 5) is 11.2. The number of amides is 1. The van der Waals surface area contributed by atoms with Crippen molar-refractivity contribution in [2.75, 3.05) is 26.3 Å². The van der Waals surface area contributed by atoms with Crippen LogP contribution >= 0.6 is 0 Å². The predicted octanol–water partition coefficient (Wildman–Crippen LogP) is 0.671. The van der Waals surface area contributed by atoms with Crippen LogP contribution in [0, 0.1) is 0 Å². The number of rotatable bonds is 7. The van der Waals surface area contributed by atoms with Crippen molar-refractivity contribution in [3.8, 4) is 0 Å². The molecule has 1 unspecified atom stereocenters. The molecule has 0 spiro atoms. The Morgan fingerprint density at radius 3 is 3.13 bits per heavy atom. The average molecular weight is 214 g/mol. The lowest BCUT2D eigenvalue weighted by atomic mass is 10.2. The number of carbonyl (C=O) groups excluding carboxylic acids is 1. The lowest BCUT2D eigenvalue weighted by molar-refractivity contribution is -0.125. The van der Waals surface area contributed by atoms with Gasteiger partial charge in [-0.25, -0.2) is 0 Å². The summed E-state index contributed by atoms with van der Waals surface area (Å²) in [7, 11) is 0. The normalized spacial score (nSPS) is 20.5. The Hall–Kier alpha value is -0.610. The highest BCUT2D eigenvalue weighted by atomic mass is 16.5. The zero-order chi connectivity index (χ0) is 10.9. The van der Waals surface area contributed by atoms with E-state index in [1.165, 1.54) is 6.42 Å². The van der Waals surface area contributed by atoms with Crippen LogP contribution in [0.3, 0.4) is 0 Å². The van der Waals surface area contributed by atoms with E-state index in [4.69, 9.17) is 4.74 Å². The minimum atomic E-state index is 0.00134. The fourth-order valence-electron chi connectivity index (χ4n) is 1.65. The van der Waals surface area contributed by atoms with Crippen LogP contribution in [0.2, 0.25) is 0 Å². The first-order valence-corrected chi connectivity index (χ1v) is 5.90. The zero-order valence-electron chi connectivity index (χ0n) is 9.55. The summed E-state index contributed by atoms with van der Waals surface area (Å²) in [6.07, 6.45) is 4.53. The first kappa shape index (κ1) is 12.5. The van der Waals surface area contributed by atoms with Crippen molar-refractivity contribution in [3.63, 3.8) is 0 Å². The molecule has 1 rings (SSSR count). The van der Waals surface area contributed by atoms with Gasteiger partial charge in [0.2, 0.25) is 5.91 Å². The first-order valence-electron chi connectivity index (χ1n) is 5.90. The number of unbranched alkanes of at least 4 members (excludes halogenated alkanes) is 1. The summed E-state index contributed by atoms with van der Waals surface area (Å²) in [6, 6.07) is 0.452. The van der Waals surface area contributed by atoms with E-state index in [1.807, 2.05) is 0 Å². The lowest BCUT2D eigenvalue weighted by Gasteiger charge is -2.10. The molecule has 1 saturated heterocycles. The maximum absolute atomic E-state index is 11.2. The summed E-state index contributed by atoms with van der Waals surface area (Å²) < 4.78 is 5.34. The number of ether oxygens (including phenoxy) is 1. The highest BCUT2D eigenvalue weighted by Gasteiger charge is 2.14. The molecule has 2 N–H and O–H groups in total. The fraction of sp³-hybridized carbons (Fsp3) is 0.909. The van der Waals surface area contributed by atoms with Crippen LogP contribution in [0.5, 0.6) is 0 Å². The van der Waals surface area contributed by atoms with Crippen molar-refractivity contribution >= 4 is 5.91 Å². The molecule has 1 heterocycles. The number of carbonyl (C=O) groups is 1. The monoisotopic (exact) mass is 214 g/mol. The van der Waals surface area contributed by atoms with Crippen LogP contribution in [0.1, 0.15) is 32.6 Å². The second kappa shape index (κ2) is 7.65. The molecule has 0 aliphatic carbocycles. The van der Waals surface area contributed by atoms with E-state index in [9.17, 15) is 4.79 Å².